The van der Waals surface area contributed by atoms with Crippen molar-refractivity contribution in [2.75, 3.05) is 0 Å². The van der Waals surface area contributed by atoms with Crippen LogP contribution in [0.5, 0.6) is 0 Å². The van der Waals surface area contributed by atoms with Gasteiger partial charge < -0.3 is 5.32 Å². The fourth-order valence-corrected chi connectivity index (χ4v) is 3.19. The lowest BCUT2D eigenvalue weighted by molar-refractivity contribution is 0.479. The molecule has 0 spiro atoms. The summed E-state index contributed by atoms with van der Waals surface area (Å²) in [5.41, 5.74) is 2.44. The highest BCUT2D eigenvalue weighted by molar-refractivity contribution is 7.09. The molecule has 1 atom stereocenters. The van der Waals surface area contributed by atoms with Crippen LogP contribution in [0.3, 0.4) is 0 Å². The van der Waals surface area contributed by atoms with Gasteiger partial charge >= 0.3 is 0 Å². The molecule has 100 valence electrons. The van der Waals surface area contributed by atoms with Gasteiger partial charge in [0.15, 0.2) is 0 Å². The van der Waals surface area contributed by atoms with Gasteiger partial charge in [-0.2, -0.15) is 0 Å². The molecule has 19 heavy (non-hydrogen) atoms. The number of aryl methyl sites for hydroxylation is 1. The molecule has 1 aliphatic rings. The molecule has 3 rings (SSSR count). The van der Waals surface area contributed by atoms with Crippen LogP contribution in [0.2, 0.25) is 5.02 Å². The van der Waals surface area contributed by atoms with Gasteiger partial charge in [0, 0.05) is 28.7 Å². The van der Waals surface area contributed by atoms with Crippen molar-refractivity contribution in [2.45, 2.75) is 32.4 Å². The molecule has 1 saturated carbocycles. The van der Waals surface area contributed by atoms with Gasteiger partial charge in [-0.1, -0.05) is 23.7 Å². The molecule has 0 aliphatic heterocycles. The van der Waals surface area contributed by atoms with Gasteiger partial charge in [0.2, 0.25) is 0 Å². The van der Waals surface area contributed by atoms with Crippen molar-refractivity contribution in [2.24, 2.45) is 5.92 Å². The van der Waals surface area contributed by atoms with Gasteiger partial charge in [-0.3, -0.25) is 0 Å². The van der Waals surface area contributed by atoms with Crippen LogP contribution in [0.25, 0.3) is 0 Å². The Hall–Kier alpha value is -0.900. The van der Waals surface area contributed by atoms with E-state index in [4.69, 9.17) is 11.6 Å². The van der Waals surface area contributed by atoms with E-state index in [9.17, 15) is 0 Å². The molecule has 0 radical (unpaired) electrons. The average molecular weight is 293 g/mol. The minimum Gasteiger partial charge on any atom is -0.303 e. The van der Waals surface area contributed by atoms with Crippen molar-refractivity contribution in [1.29, 1.82) is 0 Å². The largest absolute Gasteiger partial charge is 0.303 e. The highest BCUT2D eigenvalue weighted by Gasteiger charge is 2.32. The number of halogens is 1. The number of rotatable bonds is 5. The topological polar surface area (TPSA) is 24.9 Å². The van der Waals surface area contributed by atoms with Gasteiger partial charge in [-0.05, 0) is 43.4 Å². The second kappa shape index (κ2) is 5.61. The van der Waals surface area contributed by atoms with Gasteiger partial charge in [-0.15, -0.1) is 11.3 Å². The van der Waals surface area contributed by atoms with E-state index in [1.54, 1.807) is 11.3 Å². The Balaban J connectivity index is 1.69. The number of hydrogen-bond donors (Lipinski definition) is 1. The number of hydrogen-bond acceptors (Lipinski definition) is 3. The molecule has 1 fully saturated rings. The first kappa shape index (κ1) is 13.1. The van der Waals surface area contributed by atoms with Crippen LogP contribution in [-0.2, 0) is 6.54 Å². The monoisotopic (exact) mass is 292 g/mol. The Morgan fingerprint density at radius 3 is 2.68 bits per heavy atom. The zero-order valence-electron chi connectivity index (χ0n) is 10.9. The van der Waals surface area contributed by atoms with Crippen LogP contribution >= 0.6 is 22.9 Å². The summed E-state index contributed by atoms with van der Waals surface area (Å²) < 4.78 is 0. The Morgan fingerprint density at radius 2 is 2.11 bits per heavy atom. The summed E-state index contributed by atoms with van der Waals surface area (Å²) in [6, 6.07) is 8.64. The maximum Gasteiger partial charge on any atom is 0.107 e. The van der Waals surface area contributed by atoms with E-state index in [2.05, 4.69) is 27.8 Å². The smallest absolute Gasteiger partial charge is 0.107 e. The van der Waals surface area contributed by atoms with E-state index >= 15 is 0 Å². The number of thiazole rings is 1. The van der Waals surface area contributed by atoms with Crippen LogP contribution in [0, 0.1) is 12.8 Å². The first-order valence-electron chi connectivity index (χ1n) is 6.62. The summed E-state index contributed by atoms with van der Waals surface area (Å²) in [6.45, 7) is 2.89. The van der Waals surface area contributed by atoms with Gasteiger partial charge in [0.05, 0.1) is 0 Å². The third-order valence-corrected chi connectivity index (χ3v) is 4.68. The molecule has 2 aromatic rings. The molecule has 1 aromatic heterocycles. The van der Waals surface area contributed by atoms with Crippen LogP contribution < -0.4 is 5.32 Å². The maximum absolute atomic E-state index is 5.96. The predicted molar refractivity (Wildman–Crippen MR) is 80.6 cm³/mol. The first-order chi connectivity index (χ1) is 9.22. The summed E-state index contributed by atoms with van der Waals surface area (Å²) in [7, 11) is 0. The molecule has 1 unspecified atom stereocenters. The third kappa shape index (κ3) is 3.35. The molecular weight excluding hydrogens is 276 g/mol. The lowest BCUT2D eigenvalue weighted by Crippen LogP contribution is -2.22. The molecule has 1 aromatic carbocycles. The molecular formula is C15H17ClN2S. The standard InChI is InChI=1S/C15H17ClN2S/c1-10-9-19-14(18-10)8-17-15(11-2-3-11)12-4-6-13(16)7-5-12/h4-7,9,11,15,17H,2-3,8H2,1H3. The van der Waals surface area contributed by atoms with Gasteiger partial charge in [0.1, 0.15) is 5.01 Å². The van der Waals surface area contributed by atoms with E-state index in [1.165, 1.54) is 18.4 Å². The SMILES string of the molecule is Cc1csc(CNC(c2ccc(Cl)cc2)C2CC2)n1. The van der Waals surface area contributed by atoms with E-state index in [0.29, 0.717) is 6.04 Å². The van der Waals surface area contributed by atoms with Crippen LogP contribution in [0.15, 0.2) is 29.6 Å². The molecule has 2 nitrogen and oxygen atoms in total. The fourth-order valence-electron chi connectivity index (χ4n) is 2.34. The molecule has 4 heteroatoms. The predicted octanol–water partition coefficient (Wildman–Crippen LogP) is 4.35. The van der Waals surface area contributed by atoms with Crippen LogP contribution in [0.4, 0.5) is 0 Å². The van der Waals surface area contributed by atoms with E-state index in [0.717, 1.165) is 28.2 Å². The van der Waals surface area contributed by atoms with Crippen molar-refractivity contribution >= 4 is 22.9 Å². The highest BCUT2D eigenvalue weighted by Crippen LogP contribution is 2.41. The maximum atomic E-state index is 5.96. The summed E-state index contributed by atoms with van der Waals surface area (Å²) in [6.07, 6.45) is 2.63. The summed E-state index contributed by atoms with van der Waals surface area (Å²) in [5.74, 6) is 0.766. The van der Waals surface area contributed by atoms with Gasteiger partial charge in [0.25, 0.3) is 0 Å². The van der Waals surface area contributed by atoms with Crippen LogP contribution in [-0.4, -0.2) is 4.98 Å². The lowest BCUT2D eigenvalue weighted by atomic mass is 10.0. The van der Waals surface area contributed by atoms with Crippen molar-refractivity contribution in [1.82, 2.24) is 10.3 Å². The summed E-state index contributed by atoms with van der Waals surface area (Å²) in [4.78, 5) is 4.51. The molecule has 0 bridgehead atoms. The van der Waals surface area contributed by atoms with Crippen molar-refractivity contribution in [3.05, 3.63) is 50.9 Å². The summed E-state index contributed by atoms with van der Waals surface area (Å²) in [5, 5.41) is 7.72. The van der Waals surface area contributed by atoms with E-state index in [1.807, 2.05) is 19.1 Å². The second-order valence-corrected chi connectivity index (χ2v) is 6.51. The Bertz CT molecular complexity index is 546. The van der Waals surface area contributed by atoms with Crippen molar-refractivity contribution in [3.63, 3.8) is 0 Å². The number of nitrogens with one attached hydrogen (secondary N) is 1. The number of benzene rings is 1. The van der Waals surface area contributed by atoms with E-state index in [-0.39, 0.29) is 0 Å². The molecule has 1 aliphatic carbocycles. The highest BCUT2D eigenvalue weighted by atomic mass is 35.5. The zero-order chi connectivity index (χ0) is 13.2. The fraction of sp³-hybridized carbons (Fsp3) is 0.400. The van der Waals surface area contributed by atoms with E-state index < -0.39 is 0 Å². The van der Waals surface area contributed by atoms with Crippen molar-refractivity contribution < 1.29 is 0 Å². The molecule has 1 heterocycles. The Labute approximate surface area is 122 Å². The Kier molecular flexibility index (Phi) is 3.87. The summed E-state index contributed by atoms with van der Waals surface area (Å²) >= 11 is 7.69. The molecule has 0 saturated heterocycles. The minimum absolute atomic E-state index is 0.432. The second-order valence-electron chi connectivity index (χ2n) is 5.13. The Morgan fingerprint density at radius 1 is 1.37 bits per heavy atom. The quantitative estimate of drug-likeness (QED) is 0.886. The van der Waals surface area contributed by atoms with Crippen LogP contribution in [0.1, 0.15) is 35.1 Å². The number of aromatic nitrogens is 1. The molecule has 1 N–H and O–H groups in total. The molecule has 0 amide bonds. The first-order valence-corrected chi connectivity index (χ1v) is 7.88. The lowest BCUT2D eigenvalue weighted by Gasteiger charge is -2.18. The normalized spacial score (nSPS) is 16.5. The van der Waals surface area contributed by atoms with Gasteiger partial charge in [-0.25, -0.2) is 4.98 Å². The zero-order valence-corrected chi connectivity index (χ0v) is 12.5. The van der Waals surface area contributed by atoms with Crippen molar-refractivity contribution in [3.8, 4) is 0 Å². The number of nitrogens with zero attached hydrogens (tertiary/aromatic N) is 1. The average Bonchev–Trinajstić information content (AvgIpc) is 3.15. The third-order valence-electron chi connectivity index (χ3n) is 3.46. The minimum atomic E-state index is 0.432.